The normalized spacial score (nSPS) is 11.2. The van der Waals surface area contributed by atoms with Crippen LogP contribution < -0.4 is 14.4 Å². The van der Waals surface area contributed by atoms with Crippen LogP contribution in [0.4, 0.5) is 5.69 Å². The number of ether oxygens (including phenoxy) is 1. The van der Waals surface area contributed by atoms with E-state index in [-0.39, 0.29) is 18.9 Å². The highest BCUT2D eigenvalue weighted by Crippen LogP contribution is 2.25. The number of aryl methyl sites for hydroxylation is 2. The van der Waals surface area contributed by atoms with Crippen LogP contribution in [0.2, 0.25) is 0 Å². The van der Waals surface area contributed by atoms with E-state index in [2.05, 4.69) is 5.32 Å². The van der Waals surface area contributed by atoms with Crippen LogP contribution in [0.3, 0.4) is 0 Å². The second kappa shape index (κ2) is 10.3. The molecule has 2 aromatic carbocycles. The molecule has 0 aliphatic rings. The molecule has 0 heterocycles. The average Bonchev–Trinajstić information content (AvgIpc) is 2.65. The fraction of sp³-hybridized carbons (Fsp3) is 0.409. The lowest BCUT2D eigenvalue weighted by Gasteiger charge is -2.24. The average molecular weight is 419 g/mol. The van der Waals surface area contributed by atoms with E-state index in [1.807, 2.05) is 57.2 Å². The van der Waals surface area contributed by atoms with Crippen molar-refractivity contribution in [3.63, 3.8) is 0 Å². The molecule has 0 spiro atoms. The van der Waals surface area contributed by atoms with E-state index in [0.717, 1.165) is 22.4 Å². The summed E-state index contributed by atoms with van der Waals surface area (Å²) in [7, 11) is -3.43. The third kappa shape index (κ3) is 6.78. The van der Waals surface area contributed by atoms with Gasteiger partial charge in [0, 0.05) is 13.0 Å². The highest BCUT2D eigenvalue weighted by atomic mass is 32.2. The smallest absolute Gasteiger partial charge is 0.232 e. The van der Waals surface area contributed by atoms with Crippen molar-refractivity contribution in [1.29, 1.82) is 0 Å². The standard InChI is InChI=1S/C22H30N2O4S/c1-17-10-7-11-20(19(17)3)24(29(4,26)27)15-8-13-22(25)23-14-16-28-21-12-6-5-9-18(21)2/h5-7,9-12H,8,13-16H2,1-4H3,(H,23,25). The van der Waals surface area contributed by atoms with Gasteiger partial charge in [0.05, 0.1) is 18.5 Å². The Labute approximate surface area is 173 Å². The second-order valence-corrected chi connectivity index (χ2v) is 9.03. The van der Waals surface area contributed by atoms with Gasteiger partial charge in [0.15, 0.2) is 0 Å². The van der Waals surface area contributed by atoms with Gasteiger partial charge in [-0.2, -0.15) is 0 Å². The molecule has 1 amide bonds. The number of nitrogens with one attached hydrogen (secondary N) is 1. The van der Waals surface area contributed by atoms with E-state index in [1.165, 1.54) is 10.6 Å². The molecular weight excluding hydrogens is 388 g/mol. The van der Waals surface area contributed by atoms with Crippen LogP contribution in [0.15, 0.2) is 42.5 Å². The molecule has 2 aromatic rings. The van der Waals surface area contributed by atoms with E-state index < -0.39 is 10.0 Å². The minimum Gasteiger partial charge on any atom is -0.491 e. The third-order valence-corrected chi connectivity index (χ3v) is 5.97. The quantitative estimate of drug-likeness (QED) is 0.601. The summed E-state index contributed by atoms with van der Waals surface area (Å²) in [5, 5.41) is 2.81. The third-order valence-electron chi connectivity index (χ3n) is 4.79. The number of amides is 1. The molecular formula is C22H30N2O4S. The van der Waals surface area contributed by atoms with E-state index in [1.54, 1.807) is 6.07 Å². The summed E-state index contributed by atoms with van der Waals surface area (Å²) in [6, 6.07) is 13.3. The van der Waals surface area contributed by atoms with Crippen molar-refractivity contribution in [1.82, 2.24) is 5.32 Å². The fourth-order valence-electron chi connectivity index (χ4n) is 3.01. The summed E-state index contributed by atoms with van der Waals surface area (Å²) in [4.78, 5) is 12.1. The first-order chi connectivity index (χ1) is 13.7. The lowest BCUT2D eigenvalue weighted by Crippen LogP contribution is -2.33. The first kappa shape index (κ1) is 22.7. The van der Waals surface area contributed by atoms with Gasteiger partial charge in [-0.1, -0.05) is 30.3 Å². The molecule has 0 aliphatic heterocycles. The lowest BCUT2D eigenvalue weighted by atomic mass is 10.1. The van der Waals surface area contributed by atoms with E-state index in [4.69, 9.17) is 4.74 Å². The number of rotatable bonds is 10. The van der Waals surface area contributed by atoms with Crippen molar-refractivity contribution >= 4 is 21.6 Å². The number of hydrogen-bond acceptors (Lipinski definition) is 4. The van der Waals surface area contributed by atoms with Crippen LogP contribution in [-0.4, -0.2) is 40.3 Å². The molecule has 29 heavy (non-hydrogen) atoms. The van der Waals surface area contributed by atoms with Crippen molar-refractivity contribution < 1.29 is 17.9 Å². The molecule has 158 valence electrons. The minimum absolute atomic E-state index is 0.118. The SMILES string of the molecule is Cc1ccccc1OCCNC(=O)CCCN(c1cccc(C)c1C)S(C)(=O)=O. The van der Waals surface area contributed by atoms with Crippen molar-refractivity contribution in [3.8, 4) is 5.75 Å². The number of nitrogens with zero attached hydrogens (tertiary/aromatic N) is 1. The van der Waals surface area contributed by atoms with E-state index in [9.17, 15) is 13.2 Å². The van der Waals surface area contributed by atoms with Crippen molar-refractivity contribution in [2.45, 2.75) is 33.6 Å². The maximum absolute atomic E-state index is 12.3. The largest absolute Gasteiger partial charge is 0.491 e. The summed E-state index contributed by atoms with van der Waals surface area (Å²) in [6.45, 7) is 6.87. The van der Waals surface area contributed by atoms with Crippen LogP contribution in [0.25, 0.3) is 0 Å². The number of para-hydroxylation sites is 1. The molecule has 0 bridgehead atoms. The van der Waals surface area contributed by atoms with Gasteiger partial charge >= 0.3 is 0 Å². The van der Waals surface area contributed by atoms with Gasteiger partial charge in [0.25, 0.3) is 0 Å². The second-order valence-electron chi connectivity index (χ2n) is 7.12. The zero-order chi connectivity index (χ0) is 21.4. The number of hydrogen-bond donors (Lipinski definition) is 1. The Morgan fingerprint density at radius 2 is 1.72 bits per heavy atom. The predicted octanol–water partition coefficient (Wildman–Crippen LogP) is 3.35. The Hall–Kier alpha value is -2.54. The molecule has 0 atom stereocenters. The van der Waals surface area contributed by atoms with Crippen molar-refractivity contribution in [3.05, 3.63) is 59.2 Å². The number of sulfonamides is 1. The van der Waals surface area contributed by atoms with Crippen LogP contribution >= 0.6 is 0 Å². The van der Waals surface area contributed by atoms with Gasteiger partial charge in [-0.3, -0.25) is 9.10 Å². The molecule has 0 saturated heterocycles. The fourth-order valence-corrected chi connectivity index (χ4v) is 4.03. The van der Waals surface area contributed by atoms with E-state index >= 15 is 0 Å². The molecule has 0 saturated carbocycles. The van der Waals surface area contributed by atoms with Crippen LogP contribution in [0.5, 0.6) is 5.75 Å². The Morgan fingerprint density at radius 3 is 2.41 bits per heavy atom. The number of carbonyl (C=O) groups excluding carboxylic acids is 1. The van der Waals surface area contributed by atoms with Gasteiger partial charge in [-0.05, 0) is 56.0 Å². The highest BCUT2D eigenvalue weighted by Gasteiger charge is 2.19. The molecule has 0 aliphatic carbocycles. The molecule has 0 aromatic heterocycles. The van der Waals surface area contributed by atoms with Gasteiger partial charge in [0.2, 0.25) is 15.9 Å². The van der Waals surface area contributed by atoms with Gasteiger partial charge in [-0.15, -0.1) is 0 Å². The lowest BCUT2D eigenvalue weighted by molar-refractivity contribution is -0.121. The van der Waals surface area contributed by atoms with Crippen LogP contribution in [0, 0.1) is 20.8 Å². The number of benzene rings is 2. The summed E-state index contributed by atoms with van der Waals surface area (Å²) in [5.74, 6) is 0.687. The molecule has 0 unspecified atom stereocenters. The molecule has 7 heteroatoms. The summed E-state index contributed by atoms with van der Waals surface area (Å²) < 4.78 is 31.5. The van der Waals surface area contributed by atoms with Crippen LogP contribution in [0.1, 0.15) is 29.5 Å². The van der Waals surface area contributed by atoms with Crippen molar-refractivity contribution in [2.24, 2.45) is 0 Å². The van der Waals surface area contributed by atoms with Gasteiger partial charge in [0.1, 0.15) is 12.4 Å². The van der Waals surface area contributed by atoms with Gasteiger partial charge in [-0.25, -0.2) is 8.42 Å². The zero-order valence-corrected chi connectivity index (χ0v) is 18.4. The zero-order valence-electron chi connectivity index (χ0n) is 17.6. The molecule has 2 rings (SSSR count). The monoisotopic (exact) mass is 418 g/mol. The molecule has 0 fully saturated rings. The number of carbonyl (C=O) groups is 1. The van der Waals surface area contributed by atoms with Gasteiger partial charge < -0.3 is 10.1 Å². The first-order valence-electron chi connectivity index (χ1n) is 9.69. The Kier molecular flexibility index (Phi) is 8.08. The predicted molar refractivity (Wildman–Crippen MR) is 117 cm³/mol. The topological polar surface area (TPSA) is 75.7 Å². The maximum atomic E-state index is 12.3. The maximum Gasteiger partial charge on any atom is 0.232 e. The highest BCUT2D eigenvalue weighted by molar-refractivity contribution is 7.92. The molecule has 6 nitrogen and oxygen atoms in total. The summed E-state index contributed by atoms with van der Waals surface area (Å²) >= 11 is 0. The summed E-state index contributed by atoms with van der Waals surface area (Å²) in [6.07, 6.45) is 1.88. The Morgan fingerprint density at radius 1 is 1.03 bits per heavy atom. The van der Waals surface area contributed by atoms with Crippen LogP contribution in [-0.2, 0) is 14.8 Å². The summed E-state index contributed by atoms with van der Waals surface area (Å²) in [5.41, 5.74) is 3.67. The first-order valence-corrected chi connectivity index (χ1v) is 11.5. The number of anilines is 1. The van der Waals surface area contributed by atoms with Crippen molar-refractivity contribution in [2.75, 3.05) is 30.3 Å². The Bertz CT molecular complexity index is 942. The Balaban J connectivity index is 1.81. The van der Waals surface area contributed by atoms with E-state index in [0.29, 0.717) is 25.3 Å². The minimum atomic E-state index is -3.43. The molecule has 0 radical (unpaired) electrons. The molecule has 1 N–H and O–H groups in total.